The molecule has 2 N–H and O–H groups in total. The van der Waals surface area contributed by atoms with Gasteiger partial charge in [0.05, 0.1) is 24.9 Å². The Morgan fingerprint density at radius 2 is 1.94 bits per heavy atom. The van der Waals surface area contributed by atoms with Crippen molar-refractivity contribution in [1.82, 2.24) is 0 Å². The fourth-order valence-corrected chi connectivity index (χ4v) is 7.72. The maximum Gasteiger partial charge on any atom is 0.171 e. The number of aliphatic hydroxyl groups is 2. The minimum Gasteiger partial charge on any atom is -0.393 e. The summed E-state index contributed by atoms with van der Waals surface area (Å²) in [7, 11) is 0. The Morgan fingerprint density at radius 1 is 1.13 bits per heavy atom. The second-order valence-electron chi connectivity index (χ2n) is 11.5. The Bertz CT molecular complexity index is 789. The summed E-state index contributed by atoms with van der Waals surface area (Å²) in [6, 6.07) is 0. The van der Waals surface area contributed by atoms with Gasteiger partial charge >= 0.3 is 0 Å². The lowest BCUT2D eigenvalue weighted by Gasteiger charge is -2.46. The van der Waals surface area contributed by atoms with Crippen LogP contribution < -0.4 is 0 Å². The van der Waals surface area contributed by atoms with Crippen molar-refractivity contribution in [3.8, 4) is 0 Å². The molecule has 0 aromatic carbocycles. The topological polar surface area (TPSA) is 58.9 Å². The van der Waals surface area contributed by atoms with Crippen molar-refractivity contribution >= 4 is 0 Å². The monoisotopic (exact) mass is 428 g/mol. The summed E-state index contributed by atoms with van der Waals surface area (Å²) in [5.74, 6) is 1.80. The Hall–Kier alpha value is -0.940. The van der Waals surface area contributed by atoms with Crippen LogP contribution in [-0.2, 0) is 9.47 Å². The van der Waals surface area contributed by atoms with Crippen molar-refractivity contribution in [3.05, 3.63) is 35.5 Å². The number of fused-ring (bicyclic) bond motifs is 3. The molecule has 0 aromatic heterocycles. The molecule has 4 heteroatoms. The van der Waals surface area contributed by atoms with E-state index in [9.17, 15) is 10.2 Å². The first-order valence-corrected chi connectivity index (χ1v) is 12.5. The van der Waals surface area contributed by atoms with Gasteiger partial charge in [0.1, 0.15) is 0 Å². The van der Waals surface area contributed by atoms with Gasteiger partial charge in [0.15, 0.2) is 5.79 Å². The molecule has 0 aromatic rings. The summed E-state index contributed by atoms with van der Waals surface area (Å²) < 4.78 is 13.2. The van der Waals surface area contributed by atoms with Crippen molar-refractivity contribution in [3.63, 3.8) is 0 Å². The van der Waals surface area contributed by atoms with E-state index in [1.807, 2.05) is 0 Å². The van der Waals surface area contributed by atoms with Gasteiger partial charge in [-0.1, -0.05) is 45.1 Å². The standard InChI is InChI=1S/C27H40O4/c1-16-9-11-27(30-15-16)18(3)25-24(31-27)14-22-19(6-5-10-26(22,25)4)7-8-20-12-21(28)13-23(29)17(20)2/h7-8,16,18,21-25,28-29H,2,5-6,9-15H2,1,3-4H3/b19-7+,20-8-/t16-,18+,21-,22+,23+,24+,25+,26+,27-/m1/s1. The van der Waals surface area contributed by atoms with E-state index < -0.39 is 12.2 Å². The molecular formula is C27H40O4. The van der Waals surface area contributed by atoms with Gasteiger partial charge in [-0.05, 0) is 72.8 Å². The van der Waals surface area contributed by atoms with E-state index >= 15 is 0 Å². The highest BCUT2D eigenvalue weighted by Gasteiger charge is 2.65. The Labute approximate surface area is 187 Å². The summed E-state index contributed by atoms with van der Waals surface area (Å²) in [5.41, 5.74) is 3.54. The molecule has 0 amide bonds. The molecule has 5 rings (SSSR count). The number of hydrogen-bond donors (Lipinski definition) is 2. The largest absolute Gasteiger partial charge is 0.393 e. The Balaban J connectivity index is 1.38. The predicted octanol–water partition coefficient (Wildman–Crippen LogP) is 4.92. The molecule has 4 nitrogen and oxygen atoms in total. The number of allylic oxidation sites excluding steroid dienone is 3. The summed E-state index contributed by atoms with van der Waals surface area (Å²) >= 11 is 0. The first-order chi connectivity index (χ1) is 14.7. The molecule has 172 valence electrons. The lowest BCUT2D eigenvalue weighted by molar-refractivity contribution is -0.271. The molecular weight excluding hydrogens is 388 g/mol. The summed E-state index contributed by atoms with van der Waals surface area (Å²) in [4.78, 5) is 0. The van der Waals surface area contributed by atoms with Gasteiger partial charge in [-0.15, -0.1) is 0 Å². The maximum absolute atomic E-state index is 10.2. The lowest BCUT2D eigenvalue weighted by Crippen LogP contribution is -2.46. The van der Waals surface area contributed by atoms with Crippen LogP contribution in [0.25, 0.3) is 0 Å². The molecule has 31 heavy (non-hydrogen) atoms. The molecule has 3 saturated carbocycles. The molecule has 2 saturated heterocycles. The minimum absolute atomic E-state index is 0.255. The van der Waals surface area contributed by atoms with Crippen LogP contribution >= 0.6 is 0 Å². The number of ether oxygens (including phenoxy) is 2. The minimum atomic E-state index is -0.625. The molecule has 0 unspecified atom stereocenters. The van der Waals surface area contributed by atoms with Crippen molar-refractivity contribution in [2.45, 2.75) is 96.2 Å². The highest BCUT2D eigenvalue weighted by molar-refractivity contribution is 5.39. The number of aliphatic hydroxyl groups excluding tert-OH is 2. The van der Waals surface area contributed by atoms with E-state index in [1.54, 1.807) is 0 Å². The average Bonchev–Trinajstić information content (AvgIpc) is 3.17. The number of rotatable bonds is 1. The fraction of sp³-hybridized carbons (Fsp3) is 0.778. The van der Waals surface area contributed by atoms with E-state index in [1.165, 1.54) is 24.8 Å². The lowest BCUT2D eigenvalue weighted by atomic mass is 9.60. The van der Waals surface area contributed by atoms with Gasteiger partial charge in [-0.3, -0.25) is 0 Å². The first kappa shape index (κ1) is 21.9. The van der Waals surface area contributed by atoms with Crippen molar-refractivity contribution in [2.75, 3.05) is 6.61 Å². The predicted molar refractivity (Wildman–Crippen MR) is 121 cm³/mol. The van der Waals surface area contributed by atoms with Crippen molar-refractivity contribution < 1.29 is 19.7 Å². The summed E-state index contributed by atoms with van der Waals surface area (Å²) in [6.45, 7) is 12.0. The highest BCUT2D eigenvalue weighted by atomic mass is 16.7. The Morgan fingerprint density at radius 3 is 2.68 bits per heavy atom. The Kier molecular flexibility index (Phi) is 5.53. The quantitative estimate of drug-likeness (QED) is 0.623. The van der Waals surface area contributed by atoms with Gasteiger partial charge in [0.25, 0.3) is 0 Å². The zero-order chi connectivity index (χ0) is 22.0. The van der Waals surface area contributed by atoms with Crippen LogP contribution in [0.5, 0.6) is 0 Å². The van der Waals surface area contributed by atoms with E-state index in [2.05, 4.69) is 39.5 Å². The normalized spacial score (nSPS) is 52.7. The first-order valence-electron chi connectivity index (χ1n) is 12.5. The molecule has 0 bridgehead atoms. The van der Waals surface area contributed by atoms with Crippen LogP contribution in [-0.4, -0.2) is 40.9 Å². The van der Waals surface area contributed by atoms with E-state index in [-0.39, 0.29) is 11.2 Å². The van der Waals surface area contributed by atoms with Crippen LogP contribution in [0.1, 0.15) is 72.1 Å². The molecule has 2 aliphatic heterocycles. The second kappa shape index (κ2) is 7.83. The third kappa shape index (κ3) is 3.49. The smallest absolute Gasteiger partial charge is 0.171 e. The van der Waals surface area contributed by atoms with Crippen LogP contribution in [0.4, 0.5) is 0 Å². The van der Waals surface area contributed by atoms with E-state index in [0.717, 1.165) is 37.0 Å². The second-order valence-corrected chi connectivity index (χ2v) is 11.5. The molecule has 3 aliphatic carbocycles. The average molecular weight is 429 g/mol. The van der Waals surface area contributed by atoms with E-state index in [4.69, 9.17) is 9.47 Å². The van der Waals surface area contributed by atoms with E-state index in [0.29, 0.717) is 42.6 Å². The van der Waals surface area contributed by atoms with Crippen LogP contribution in [0.2, 0.25) is 0 Å². The molecule has 1 spiro atoms. The summed E-state index contributed by atoms with van der Waals surface area (Å²) in [5, 5.41) is 20.3. The SMILES string of the molecule is C=C1/C(=C\C=C2/CCC[C@]3(C)[C@@H]4[C@H](C[C@@H]23)O[C@]2(CC[C@@H](C)CO2)[C@H]4C)C[C@@H](O)C[C@@H]1O. The molecule has 5 aliphatic rings. The summed E-state index contributed by atoms with van der Waals surface area (Å²) in [6.07, 6.45) is 11.5. The van der Waals surface area contributed by atoms with Crippen LogP contribution in [0.15, 0.2) is 35.5 Å². The highest BCUT2D eigenvalue weighted by Crippen LogP contribution is 2.66. The number of hydrogen-bond acceptors (Lipinski definition) is 4. The van der Waals surface area contributed by atoms with Crippen molar-refractivity contribution in [1.29, 1.82) is 0 Å². The third-order valence-corrected chi connectivity index (χ3v) is 9.50. The van der Waals surface area contributed by atoms with Gasteiger partial charge in [-0.25, -0.2) is 0 Å². The van der Waals surface area contributed by atoms with Crippen LogP contribution in [0.3, 0.4) is 0 Å². The zero-order valence-corrected chi connectivity index (χ0v) is 19.5. The van der Waals surface area contributed by atoms with Gasteiger partial charge in [0, 0.05) is 18.8 Å². The van der Waals surface area contributed by atoms with Crippen molar-refractivity contribution in [2.24, 2.45) is 29.1 Å². The molecule has 2 heterocycles. The van der Waals surface area contributed by atoms with Gasteiger partial charge < -0.3 is 19.7 Å². The van der Waals surface area contributed by atoms with Crippen LogP contribution in [0, 0.1) is 29.1 Å². The van der Waals surface area contributed by atoms with Gasteiger partial charge in [-0.2, -0.15) is 0 Å². The third-order valence-electron chi connectivity index (χ3n) is 9.50. The zero-order valence-electron chi connectivity index (χ0n) is 19.5. The molecule has 5 fully saturated rings. The molecule has 9 atom stereocenters. The maximum atomic E-state index is 10.2. The van der Waals surface area contributed by atoms with Gasteiger partial charge in [0.2, 0.25) is 0 Å². The molecule has 0 radical (unpaired) electrons. The fourth-order valence-electron chi connectivity index (χ4n) is 7.72.